The van der Waals surface area contributed by atoms with E-state index in [1.807, 2.05) is 0 Å². The third kappa shape index (κ3) is 1.88. The van der Waals surface area contributed by atoms with E-state index in [9.17, 15) is 8.42 Å². The summed E-state index contributed by atoms with van der Waals surface area (Å²) in [4.78, 5) is 0. The van der Waals surface area contributed by atoms with Crippen molar-refractivity contribution >= 4 is 37.1 Å². The molecule has 14 heavy (non-hydrogen) atoms. The fourth-order valence-corrected chi connectivity index (χ4v) is 5.44. The smallest absolute Gasteiger partial charge is 0.191 e. The van der Waals surface area contributed by atoms with Crippen LogP contribution in [0.15, 0.2) is 20.1 Å². The standard InChI is InChI=1S/C8H10BrNO2S2/c9-7-1-2-8(13-7)14(11,12)6-3-4-10-5-6/h1-2,6,10H,3-5H2. The van der Waals surface area contributed by atoms with Gasteiger partial charge in [0.25, 0.3) is 0 Å². The number of hydrogen-bond acceptors (Lipinski definition) is 4. The Balaban J connectivity index is 2.32. The van der Waals surface area contributed by atoms with E-state index >= 15 is 0 Å². The summed E-state index contributed by atoms with van der Waals surface area (Å²) in [6.07, 6.45) is 0.720. The Kier molecular flexibility index (Phi) is 2.97. The van der Waals surface area contributed by atoms with E-state index in [0.29, 0.717) is 10.8 Å². The van der Waals surface area contributed by atoms with Crippen LogP contribution in [-0.4, -0.2) is 26.8 Å². The van der Waals surface area contributed by atoms with Gasteiger partial charge in [0.1, 0.15) is 4.21 Å². The molecule has 78 valence electrons. The van der Waals surface area contributed by atoms with E-state index in [1.54, 1.807) is 12.1 Å². The molecule has 1 aromatic rings. The van der Waals surface area contributed by atoms with Gasteiger partial charge in [-0.25, -0.2) is 8.42 Å². The van der Waals surface area contributed by atoms with Gasteiger partial charge < -0.3 is 5.32 Å². The fraction of sp³-hybridized carbons (Fsp3) is 0.500. The van der Waals surface area contributed by atoms with Crippen molar-refractivity contribution in [3.05, 3.63) is 15.9 Å². The zero-order valence-electron chi connectivity index (χ0n) is 7.36. The Morgan fingerprint density at radius 2 is 2.29 bits per heavy atom. The van der Waals surface area contributed by atoms with Gasteiger partial charge in [0.05, 0.1) is 9.04 Å². The van der Waals surface area contributed by atoms with Crippen molar-refractivity contribution in [3.63, 3.8) is 0 Å². The lowest BCUT2D eigenvalue weighted by Crippen LogP contribution is -2.23. The van der Waals surface area contributed by atoms with Crippen molar-refractivity contribution in [3.8, 4) is 0 Å². The topological polar surface area (TPSA) is 46.2 Å². The monoisotopic (exact) mass is 295 g/mol. The van der Waals surface area contributed by atoms with Gasteiger partial charge in [-0.2, -0.15) is 0 Å². The quantitative estimate of drug-likeness (QED) is 0.902. The van der Waals surface area contributed by atoms with E-state index in [2.05, 4.69) is 21.2 Å². The Labute approximate surface area is 95.6 Å². The van der Waals surface area contributed by atoms with Gasteiger partial charge in [-0.1, -0.05) is 0 Å². The molecule has 0 aliphatic carbocycles. The van der Waals surface area contributed by atoms with Gasteiger partial charge in [0.2, 0.25) is 0 Å². The highest BCUT2D eigenvalue weighted by atomic mass is 79.9. The fourth-order valence-electron chi connectivity index (χ4n) is 1.51. The first-order valence-electron chi connectivity index (χ1n) is 4.30. The van der Waals surface area contributed by atoms with Gasteiger partial charge in [0, 0.05) is 6.54 Å². The second kappa shape index (κ2) is 3.92. The summed E-state index contributed by atoms with van der Waals surface area (Å²) in [6, 6.07) is 3.45. The van der Waals surface area contributed by atoms with Gasteiger partial charge in [0.15, 0.2) is 9.84 Å². The lowest BCUT2D eigenvalue weighted by molar-refractivity contribution is 0.585. The summed E-state index contributed by atoms with van der Waals surface area (Å²) >= 11 is 4.55. The minimum absolute atomic E-state index is 0.243. The molecule has 0 saturated carbocycles. The zero-order valence-corrected chi connectivity index (χ0v) is 10.6. The minimum atomic E-state index is -3.09. The van der Waals surface area contributed by atoms with Gasteiger partial charge >= 0.3 is 0 Å². The van der Waals surface area contributed by atoms with Crippen LogP contribution in [0, 0.1) is 0 Å². The maximum Gasteiger partial charge on any atom is 0.191 e. The van der Waals surface area contributed by atoms with Crippen LogP contribution in [0.25, 0.3) is 0 Å². The second-order valence-electron chi connectivity index (χ2n) is 3.22. The summed E-state index contributed by atoms with van der Waals surface area (Å²) in [5.41, 5.74) is 0. The van der Waals surface area contributed by atoms with Crippen molar-refractivity contribution < 1.29 is 8.42 Å². The van der Waals surface area contributed by atoms with Crippen LogP contribution in [0.4, 0.5) is 0 Å². The van der Waals surface area contributed by atoms with Crippen LogP contribution in [0.5, 0.6) is 0 Å². The first-order chi connectivity index (χ1) is 6.60. The van der Waals surface area contributed by atoms with Gasteiger partial charge in [-0.3, -0.25) is 0 Å². The number of rotatable bonds is 2. The first-order valence-corrected chi connectivity index (χ1v) is 7.46. The Hall–Kier alpha value is 0.0900. The Morgan fingerprint density at radius 3 is 2.79 bits per heavy atom. The molecule has 2 heterocycles. The summed E-state index contributed by atoms with van der Waals surface area (Å²) in [7, 11) is -3.09. The zero-order chi connectivity index (χ0) is 10.2. The number of hydrogen-bond donors (Lipinski definition) is 1. The number of sulfone groups is 1. The average molecular weight is 296 g/mol. The minimum Gasteiger partial charge on any atom is -0.315 e. The molecule has 0 bridgehead atoms. The molecule has 0 spiro atoms. The molecule has 1 aromatic heterocycles. The third-order valence-electron chi connectivity index (χ3n) is 2.28. The lowest BCUT2D eigenvalue weighted by Gasteiger charge is -2.07. The summed E-state index contributed by atoms with van der Waals surface area (Å²) in [6.45, 7) is 1.38. The Bertz CT molecular complexity index is 420. The second-order valence-corrected chi connectivity index (χ2v) is 8.14. The molecule has 0 aromatic carbocycles. The van der Waals surface area contributed by atoms with Gasteiger partial charge in [-0.15, -0.1) is 11.3 Å². The summed E-state index contributed by atoms with van der Waals surface area (Å²) in [5.74, 6) is 0. The van der Waals surface area contributed by atoms with Crippen LogP contribution in [-0.2, 0) is 9.84 Å². The maximum atomic E-state index is 12.0. The van der Waals surface area contributed by atoms with Crippen molar-refractivity contribution in [2.75, 3.05) is 13.1 Å². The lowest BCUT2D eigenvalue weighted by atomic mass is 10.4. The van der Waals surface area contributed by atoms with E-state index in [1.165, 1.54) is 11.3 Å². The molecule has 2 rings (SSSR count). The molecule has 6 heteroatoms. The first kappa shape index (κ1) is 10.6. The largest absolute Gasteiger partial charge is 0.315 e. The van der Waals surface area contributed by atoms with Crippen molar-refractivity contribution in [2.45, 2.75) is 15.9 Å². The number of thiophene rings is 1. The average Bonchev–Trinajstić information content (AvgIpc) is 2.72. The van der Waals surface area contributed by atoms with Crippen molar-refractivity contribution in [1.29, 1.82) is 0 Å². The molecule has 1 aliphatic heterocycles. The summed E-state index contributed by atoms with van der Waals surface area (Å²) in [5, 5.41) is 2.83. The number of halogens is 1. The highest BCUT2D eigenvalue weighted by molar-refractivity contribution is 9.11. The highest BCUT2D eigenvalue weighted by Gasteiger charge is 2.31. The molecule has 1 aliphatic rings. The van der Waals surface area contributed by atoms with Crippen LogP contribution in [0.1, 0.15) is 6.42 Å². The van der Waals surface area contributed by atoms with Crippen LogP contribution in [0.2, 0.25) is 0 Å². The van der Waals surface area contributed by atoms with E-state index < -0.39 is 9.84 Å². The molecular formula is C8H10BrNO2S2. The predicted molar refractivity (Wildman–Crippen MR) is 60.5 cm³/mol. The molecule has 1 fully saturated rings. The van der Waals surface area contributed by atoms with E-state index in [4.69, 9.17) is 0 Å². The Morgan fingerprint density at radius 1 is 1.50 bits per heavy atom. The predicted octanol–water partition coefficient (Wildman–Crippen LogP) is 1.65. The van der Waals surface area contributed by atoms with Crippen LogP contribution in [0.3, 0.4) is 0 Å². The van der Waals surface area contributed by atoms with Crippen molar-refractivity contribution in [2.24, 2.45) is 0 Å². The highest BCUT2D eigenvalue weighted by Crippen LogP contribution is 2.30. The molecule has 1 N–H and O–H groups in total. The van der Waals surface area contributed by atoms with Crippen LogP contribution >= 0.6 is 27.3 Å². The molecule has 1 unspecified atom stereocenters. The summed E-state index contributed by atoms with van der Waals surface area (Å²) < 4.78 is 25.3. The van der Waals surface area contributed by atoms with E-state index in [-0.39, 0.29) is 5.25 Å². The van der Waals surface area contributed by atoms with Gasteiger partial charge in [-0.05, 0) is 41.0 Å². The molecule has 0 radical (unpaired) electrons. The number of nitrogens with one attached hydrogen (secondary N) is 1. The van der Waals surface area contributed by atoms with Crippen molar-refractivity contribution in [1.82, 2.24) is 5.32 Å². The normalized spacial score (nSPS) is 22.8. The maximum absolute atomic E-state index is 12.0. The molecule has 1 saturated heterocycles. The van der Waals surface area contributed by atoms with Crippen LogP contribution < -0.4 is 5.32 Å². The molecule has 1 atom stereocenters. The SMILES string of the molecule is O=S(=O)(c1ccc(Br)s1)C1CCNC1. The molecule has 0 amide bonds. The molecule has 3 nitrogen and oxygen atoms in total. The van der Waals surface area contributed by atoms with E-state index in [0.717, 1.165) is 16.8 Å². The molecular weight excluding hydrogens is 286 g/mol. The third-order valence-corrected chi connectivity index (χ3v) is 6.63.